The number of hydrogen-bond donors (Lipinski definition) is 1. The van der Waals surface area contributed by atoms with Gasteiger partial charge in [0.05, 0.1) is 17.9 Å². The van der Waals surface area contributed by atoms with E-state index in [2.05, 4.69) is 21.2 Å². The van der Waals surface area contributed by atoms with Crippen LogP contribution in [0.4, 0.5) is 5.69 Å². The molecule has 28 heavy (non-hydrogen) atoms. The highest BCUT2D eigenvalue weighted by molar-refractivity contribution is 9.10. The number of nitrogens with one attached hydrogen (secondary N) is 1. The summed E-state index contributed by atoms with van der Waals surface area (Å²) in [5.41, 5.74) is 1.73. The summed E-state index contributed by atoms with van der Waals surface area (Å²) in [5, 5.41) is 2.91. The summed E-state index contributed by atoms with van der Waals surface area (Å²) < 4.78 is 33.3. The zero-order valence-corrected chi connectivity index (χ0v) is 18.2. The van der Waals surface area contributed by atoms with Crippen LogP contribution in [0.1, 0.15) is 18.4 Å². The molecular formula is C20H23BrN2O4S. The summed E-state index contributed by atoms with van der Waals surface area (Å²) in [6.45, 7) is 2.54. The fourth-order valence-corrected chi connectivity index (χ4v) is 5.01. The summed E-state index contributed by atoms with van der Waals surface area (Å²) in [7, 11) is -2.12. The van der Waals surface area contributed by atoms with Crippen LogP contribution in [0.25, 0.3) is 0 Å². The smallest absolute Gasteiger partial charge is 0.243 e. The van der Waals surface area contributed by atoms with Crippen molar-refractivity contribution >= 4 is 37.5 Å². The minimum absolute atomic E-state index is 0.156. The van der Waals surface area contributed by atoms with Crippen LogP contribution >= 0.6 is 15.9 Å². The van der Waals surface area contributed by atoms with Crippen LogP contribution in [0.15, 0.2) is 51.8 Å². The Labute approximate surface area is 174 Å². The van der Waals surface area contributed by atoms with Crippen LogP contribution in [0.3, 0.4) is 0 Å². The summed E-state index contributed by atoms with van der Waals surface area (Å²) in [6.07, 6.45) is 1.31. The van der Waals surface area contributed by atoms with Gasteiger partial charge in [-0.05, 0) is 67.8 Å². The highest BCUT2D eigenvalue weighted by Gasteiger charge is 2.33. The lowest BCUT2D eigenvalue weighted by Crippen LogP contribution is -2.43. The molecule has 0 saturated carbocycles. The predicted octanol–water partition coefficient (Wildman–Crippen LogP) is 3.81. The lowest BCUT2D eigenvalue weighted by atomic mass is 9.98. The van der Waals surface area contributed by atoms with Crippen molar-refractivity contribution in [3.8, 4) is 5.75 Å². The maximum absolute atomic E-state index is 12.9. The molecule has 1 atom stereocenters. The number of nitrogens with zero attached hydrogens (tertiary/aromatic N) is 1. The number of sulfonamides is 1. The van der Waals surface area contributed by atoms with E-state index in [4.69, 9.17) is 4.74 Å². The molecule has 0 bridgehead atoms. The van der Waals surface area contributed by atoms with E-state index in [1.54, 1.807) is 12.1 Å². The van der Waals surface area contributed by atoms with Crippen molar-refractivity contribution in [3.63, 3.8) is 0 Å². The van der Waals surface area contributed by atoms with Crippen LogP contribution < -0.4 is 10.1 Å². The maximum Gasteiger partial charge on any atom is 0.243 e. The largest absolute Gasteiger partial charge is 0.497 e. The van der Waals surface area contributed by atoms with Crippen LogP contribution in [-0.4, -0.2) is 38.8 Å². The molecule has 150 valence electrons. The number of amides is 1. The van der Waals surface area contributed by atoms with Gasteiger partial charge in [0, 0.05) is 23.2 Å². The van der Waals surface area contributed by atoms with E-state index in [0.717, 1.165) is 10.0 Å². The number of aryl methyl sites for hydroxylation is 1. The van der Waals surface area contributed by atoms with Gasteiger partial charge in [0.25, 0.3) is 0 Å². The summed E-state index contributed by atoms with van der Waals surface area (Å²) in [5.74, 6) is 0.0571. The second kappa shape index (κ2) is 8.63. The first-order valence-electron chi connectivity index (χ1n) is 9.02. The molecule has 1 saturated heterocycles. The SMILES string of the molecule is COc1ccc(S(=O)(=O)N2CCCC(C(=O)Nc3ccc(Br)c(C)c3)C2)cc1. The van der Waals surface area contributed by atoms with Gasteiger partial charge in [0.1, 0.15) is 5.75 Å². The van der Waals surface area contributed by atoms with Gasteiger partial charge >= 0.3 is 0 Å². The Bertz CT molecular complexity index is 961. The molecule has 6 nitrogen and oxygen atoms in total. The zero-order valence-electron chi connectivity index (χ0n) is 15.8. The molecule has 0 spiro atoms. The van der Waals surface area contributed by atoms with Gasteiger partial charge in [0.15, 0.2) is 0 Å². The van der Waals surface area contributed by atoms with E-state index in [1.165, 1.54) is 23.5 Å². The van der Waals surface area contributed by atoms with Gasteiger partial charge in [-0.25, -0.2) is 8.42 Å². The first-order chi connectivity index (χ1) is 13.3. The zero-order chi connectivity index (χ0) is 20.3. The first kappa shape index (κ1) is 20.8. The molecule has 1 fully saturated rings. The molecular weight excluding hydrogens is 444 g/mol. The second-order valence-corrected chi connectivity index (χ2v) is 9.62. The van der Waals surface area contributed by atoms with E-state index >= 15 is 0 Å². The van der Waals surface area contributed by atoms with Crippen molar-refractivity contribution < 1.29 is 17.9 Å². The van der Waals surface area contributed by atoms with Crippen molar-refractivity contribution in [2.45, 2.75) is 24.7 Å². The third-order valence-corrected chi connectivity index (χ3v) is 7.65. The Morgan fingerprint density at radius 3 is 2.57 bits per heavy atom. The van der Waals surface area contributed by atoms with Crippen LogP contribution in [0.2, 0.25) is 0 Å². The fraction of sp³-hybridized carbons (Fsp3) is 0.350. The van der Waals surface area contributed by atoms with E-state index < -0.39 is 10.0 Å². The quantitative estimate of drug-likeness (QED) is 0.726. The summed E-state index contributed by atoms with van der Waals surface area (Å²) in [6, 6.07) is 11.9. The van der Waals surface area contributed by atoms with Crippen molar-refractivity contribution in [2.75, 3.05) is 25.5 Å². The Morgan fingerprint density at radius 1 is 1.21 bits per heavy atom. The van der Waals surface area contributed by atoms with Gasteiger partial charge in [0.2, 0.25) is 15.9 Å². The molecule has 1 aliphatic heterocycles. The predicted molar refractivity (Wildman–Crippen MR) is 112 cm³/mol. The number of anilines is 1. The van der Waals surface area contributed by atoms with Crippen molar-refractivity contribution in [2.24, 2.45) is 5.92 Å². The normalized spacial score (nSPS) is 17.9. The number of rotatable bonds is 5. The van der Waals surface area contributed by atoms with Crippen molar-refractivity contribution in [1.82, 2.24) is 4.31 Å². The molecule has 1 amide bonds. The number of piperidine rings is 1. The van der Waals surface area contributed by atoms with Crippen molar-refractivity contribution in [1.29, 1.82) is 0 Å². The van der Waals surface area contributed by atoms with E-state index in [9.17, 15) is 13.2 Å². The average molecular weight is 467 g/mol. The van der Waals surface area contributed by atoms with Gasteiger partial charge < -0.3 is 10.1 Å². The molecule has 3 rings (SSSR count). The molecule has 2 aromatic carbocycles. The number of halogens is 1. The summed E-state index contributed by atoms with van der Waals surface area (Å²) in [4.78, 5) is 12.9. The minimum atomic E-state index is -3.65. The lowest BCUT2D eigenvalue weighted by Gasteiger charge is -2.31. The van der Waals surface area contributed by atoms with Crippen LogP contribution in [-0.2, 0) is 14.8 Å². The third-order valence-electron chi connectivity index (χ3n) is 4.88. The molecule has 0 radical (unpaired) electrons. The molecule has 1 N–H and O–H groups in total. The van der Waals surface area contributed by atoms with Crippen LogP contribution in [0, 0.1) is 12.8 Å². The third kappa shape index (κ3) is 4.56. The molecule has 0 aromatic heterocycles. The molecule has 2 aromatic rings. The number of hydrogen-bond acceptors (Lipinski definition) is 4. The number of ether oxygens (including phenoxy) is 1. The monoisotopic (exact) mass is 466 g/mol. The Kier molecular flexibility index (Phi) is 6.42. The molecule has 8 heteroatoms. The minimum Gasteiger partial charge on any atom is -0.497 e. The van der Waals surface area contributed by atoms with Gasteiger partial charge in [-0.2, -0.15) is 4.31 Å². The standard InChI is InChI=1S/C20H23BrN2O4S/c1-14-12-16(5-10-19(14)21)22-20(24)15-4-3-11-23(13-15)28(25,26)18-8-6-17(27-2)7-9-18/h5-10,12,15H,3-4,11,13H2,1-2H3,(H,22,24). The highest BCUT2D eigenvalue weighted by Crippen LogP contribution is 2.26. The Balaban J connectivity index is 1.71. The Morgan fingerprint density at radius 2 is 1.93 bits per heavy atom. The molecule has 1 unspecified atom stereocenters. The van der Waals surface area contributed by atoms with E-state index in [0.29, 0.717) is 30.8 Å². The topological polar surface area (TPSA) is 75.7 Å². The van der Waals surface area contributed by atoms with Crippen molar-refractivity contribution in [3.05, 3.63) is 52.5 Å². The first-order valence-corrected chi connectivity index (χ1v) is 11.3. The Hall–Kier alpha value is -1.90. The number of carbonyl (C=O) groups is 1. The molecule has 1 heterocycles. The second-order valence-electron chi connectivity index (χ2n) is 6.83. The lowest BCUT2D eigenvalue weighted by molar-refractivity contribution is -0.120. The molecule has 1 aliphatic rings. The fourth-order valence-electron chi connectivity index (χ4n) is 3.24. The van der Waals surface area contributed by atoms with Gasteiger partial charge in [-0.1, -0.05) is 15.9 Å². The van der Waals surface area contributed by atoms with Gasteiger partial charge in [-0.3, -0.25) is 4.79 Å². The maximum atomic E-state index is 12.9. The average Bonchev–Trinajstić information content (AvgIpc) is 2.71. The molecule has 0 aliphatic carbocycles. The van der Waals surface area contributed by atoms with Crippen LogP contribution in [0.5, 0.6) is 5.75 Å². The summed E-state index contributed by atoms with van der Waals surface area (Å²) >= 11 is 3.44. The van der Waals surface area contributed by atoms with Gasteiger partial charge in [-0.15, -0.1) is 0 Å². The van der Waals surface area contributed by atoms with E-state index in [-0.39, 0.29) is 23.3 Å². The number of benzene rings is 2. The van der Waals surface area contributed by atoms with E-state index in [1.807, 2.05) is 25.1 Å². The highest BCUT2D eigenvalue weighted by atomic mass is 79.9. The number of carbonyl (C=O) groups excluding carboxylic acids is 1. The number of methoxy groups -OCH3 is 1.